The standard InChI is InChI=1S/C15H22N2O/c1-13-5-4-6-14(11-13)18-10-9-17-8-7-15(2,3)12-16/h4-6,11,17H,7-10H2,1-3H3. The number of benzene rings is 1. The van der Waals surface area contributed by atoms with Crippen LogP contribution in [0, 0.1) is 23.7 Å². The monoisotopic (exact) mass is 246 g/mol. The smallest absolute Gasteiger partial charge is 0.119 e. The predicted molar refractivity (Wildman–Crippen MR) is 73.6 cm³/mol. The van der Waals surface area contributed by atoms with Crippen molar-refractivity contribution >= 4 is 0 Å². The minimum Gasteiger partial charge on any atom is -0.492 e. The lowest BCUT2D eigenvalue weighted by atomic mass is 9.92. The van der Waals surface area contributed by atoms with Gasteiger partial charge in [-0.15, -0.1) is 0 Å². The summed E-state index contributed by atoms with van der Waals surface area (Å²) in [6.07, 6.45) is 0.855. The molecule has 0 amide bonds. The molecule has 0 atom stereocenters. The Hall–Kier alpha value is -1.53. The van der Waals surface area contributed by atoms with Crippen molar-refractivity contribution in [3.63, 3.8) is 0 Å². The molecule has 1 rings (SSSR count). The maximum absolute atomic E-state index is 8.87. The molecule has 0 bridgehead atoms. The highest BCUT2D eigenvalue weighted by Gasteiger charge is 2.15. The number of nitriles is 1. The van der Waals surface area contributed by atoms with E-state index in [9.17, 15) is 0 Å². The molecule has 0 aliphatic carbocycles. The Kier molecular flexibility index (Phi) is 5.67. The first-order valence-corrected chi connectivity index (χ1v) is 6.35. The highest BCUT2D eigenvalue weighted by atomic mass is 16.5. The SMILES string of the molecule is Cc1cccc(OCCNCCC(C)(C)C#N)c1. The molecule has 1 N–H and O–H groups in total. The van der Waals surface area contributed by atoms with E-state index in [2.05, 4.69) is 24.4 Å². The number of hydrogen-bond donors (Lipinski definition) is 1. The van der Waals surface area contributed by atoms with E-state index in [0.29, 0.717) is 6.61 Å². The minimum absolute atomic E-state index is 0.246. The molecule has 1 aromatic rings. The molecule has 98 valence electrons. The van der Waals surface area contributed by atoms with Crippen LogP contribution in [0.5, 0.6) is 5.75 Å². The van der Waals surface area contributed by atoms with Gasteiger partial charge in [0.05, 0.1) is 11.5 Å². The second kappa shape index (κ2) is 7.03. The summed E-state index contributed by atoms with van der Waals surface area (Å²) in [5.41, 5.74) is 0.959. The number of nitrogens with one attached hydrogen (secondary N) is 1. The van der Waals surface area contributed by atoms with Crippen molar-refractivity contribution in [3.8, 4) is 11.8 Å². The predicted octanol–water partition coefficient (Wildman–Crippen LogP) is 2.90. The summed E-state index contributed by atoms with van der Waals surface area (Å²) in [6, 6.07) is 10.3. The Balaban J connectivity index is 2.11. The second-order valence-electron chi connectivity index (χ2n) is 5.16. The maximum Gasteiger partial charge on any atom is 0.119 e. The fraction of sp³-hybridized carbons (Fsp3) is 0.533. The average molecular weight is 246 g/mol. The van der Waals surface area contributed by atoms with Crippen molar-refractivity contribution in [2.24, 2.45) is 5.41 Å². The van der Waals surface area contributed by atoms with Gasteiger partial charge in [0.2, 0.25) is 0 Å². The van der Waals surface area contributed by atoms with Crippen molar-refractivity contribution in [1.82, 2.24) is 5.32 Å². The third-order valence-electron chi connectivity index (χ3n) is 2.77. The van der Waals surface area contributed by atoms with Gasteiger partial charge in [0.1, 0.15) is 12.4 Å². The van der Waals surface area contributed by atoms with Crippen molar-refractivity contribution in [3.05, 3.63) is 29.8 Å². The molecule has 0 saturated carbocycles. The van der Waals surface area contributed by atoms with Crippen molar-refractivity contribution in [2.75, 3.05) is 19.7 Å². The quantitative estimate of drug-likeness (QED) is 0.752. The molecule has 0 saturated heterocycles. The first-order chi connectivity index (χ1) is 8.53. The molecule has 0 aliphatic rings. The first-order valence-electron chi connectivity index (χ1n) is 6.35. The van der Waals surface area contributed by atoms with Crippen LogP contribution in [0.25, 0.3) is 0 Å². The van der Waals surface area contributed by atoms with E-state index in [1.165, 1.54) is 5.56 Å². The minimum atomic E-state index is -0.246. The normalized spacial score (nSPS) is 11.0. The van der Waals surface area contributed by atoms with Gasteiger partial charge in [-0.3, -0.25) is 0 Å². The maximum atomic E-state index is 8.87. The average Bonchev–Trinajstić information content (AvgIpc) is 2.34. The molecule has 0 radical (unpaired) electrons. The van der Waals surface area contributed by atoms with Gasteiger partial charge >= 0.3 is 0 Å². The lowest BCUT2D eigenvalue weighted by Gasteiger charge is -2.15. The van der Waals surface area contributed by atoms with E-state index in [-0.39, 0.29) is 5.41 Å². The van der Waals surface area contributed by atoms with Crippen LogP contribution in [0.2, 0.25) is 0 Å². The summed E-state index contributed by atoms with van der Waals surface area (Å²) >= 11 is 0. The Morgan fingerprint density at radius 3 is 2.78 bits per heavy atom. The van der Waals surface area contributed by atoms with E-state index in [1.54, 1.807) is 0 Å². The van der Waals surface area contributed by atoms with Gasteiger partial charge < -0.3 is 10.1 Å². The molecular formula is C15H22N2O. The molecule has 18 heavy (non-hydrogen) atoms. The highest BCUT2D eigenvalue weighted by Crippen LogP contribution is 2.17. The van der Waals surface area contributed by atoms with Gasteiger partial charge in [-0.25, -0.2) is 0 Å². The lowest BCUT2D eigenvalue weighted by Crippen LogP contribution is -2.25. The fourth-order valence-corrected chi connectivity index (χ4v) is 1.53. The molecule has 0 heterocycles. The molecular weight excluding hydrogens is 224 g/mol. The van der Waals surface area contributed by atoms with Crippen molar-refractivity contribution in [2.45, 2.75) is 27.2 Å². The van der Waals surface area contributed by atoms with Gasteiger partial charge in [-0.05, 0) is 51.4 Å². The van der Waals surface area contributed by atoms with E-state index in [0.717, 1.165) is 25.3 Å². The van der Waals surface area contributed by atoms with Gasteiger partial charge in [0, 0.05) is 6.54 Å². The molecule has 0 unspecified atom stereocenters. The van der Waals surface area contributed by atoms with Crippen LogP contribution >= 0.6 is 0 Å². The van der Waals surface area contributed by atoms with E-state index in [1.807, 2.05) is 32.0 Å². The van der Waals surface area contributed by atoms with Gasteiger partial charge in [0.15, 0.2) is 0 Å². The number of nitrogens with zero attached hydrogens (tertiary/aromatic N) is 1. The Labute approximate surface area is 110 Å². The highest BCUT2D eigenvalue weighted by molar-refractivity contribution is 5.27. The molecule has 3 heteroatoms. The zero-order valence-corrected chi connectivity index (χ0v) is 11.5. The summed E-state index contributed by atoms with van der Waals surface area (Å²) in [5, 5.41) is 12.2. The molecule has 0 aromatic heterocycles. The lowest BCUT2D eigenvalue weighted by molar-refractivity contribution is 0.309. The summed E-state index contributed by atoms with van der Waals surface area (Å²) < 4.78 is 5.62. The van der Waals surface area contributed by atoms with E-state index < -0.39 is 0 Å². The summed E-state index contributed by atoms with van der Waals surface area (Å²) in [4.78, 5) is 0. The fourth-order valence-electron chi connectivity index (χ4n) is 1.53. The Bertz CT molecular complexity index is 407. The van der Waals surface area contributed by atoms with Crippen LogP contribution in [0.4, 0.5) is 0 Å². The number of hydrogen-bond acceptors (Lipinski definition) is 3. The van der Waals surface area contributed by atoms with Crippen molar-refractivity contribution < 1.29 is 4.74 Å². The van der Waals surface area contributed by atoms with Crippen LogP contribution in [0.1, 0.15) is 25.8 Å². The van der Waals surface area contributed by atoms with Crippen molar-refractivity contribution in [1.29, 1.82) is 5.26 Å². The van der Waals surface area contributed by atoms with E-state index in [4.69, 9.17) is 10.00 Å². The molecule has 1 aromatic carbocycles. The molecule has 3 nitrogen and oxygen atoms in total. The van der Waals surface area contributed by atoms with E-state index >= 15 is 0 Å². The summed E-state index contributed by atoms with van der Waals surface area (Å²) in [5.74, 6) is 0.911. The van der Waals surface area contributed by atoms with Crippen LogP contribution < -0.4 is 10.1 Å². The van der Waals surface area contributed by atoms with Crippen LogP contribution in [-0.2, 0) is 0 Å². The molecule has 0 spiro atoms. The second-order valence-corrected chi connectivity index (χ2v) is 5.16. The Morgan fingerprint density at radius 2 is 2.11 bits per heavy atom. The number of rotatable bonds is 7. The zero-order chi connectivity index (χ0) is 13.4. The summed E-state index contributed by atoms with van der Waals surface area (Å²) in [7, 11) is 0. The first kappa shape index (κ1) is 14.5. The van der Waals surface area contributed by atoms with Crippen LogP contribution in [-0.4, -0.2) is 19.7 Å². The molecule has 0 fully saturated rings. The number of ether oxygens (including phenoxy) is 1. The third kappa shape index (κ3) is 5.70. The zero-order valence-electron chi connectivity index (χ0n) is 11.5. The summed E-state index contributed by atoms with van der Waals surface area (Å²) in [6.45, 7) is 8.26. The Morgan fingerprint density at radius 1 is 1.33 bits per heavy atom. The third-order valence-corrected chi connectivity index (χ3v) is 2.77. The van der Waals surface area contributed by atoms with Crippen LogP contribution in [0.3, 0.4) is 0 Å². The van der Waals surface area contributed by atoms with Gasteiger partial charge in [-0.1, -0.05) is 12.1 Å². The van der Waals surface area contributed by atoms with Crippen LogP contribution in [0.15, 0.2) is 24.3 Å². The number of aryl methyl sites for hydroxylation is 1. The topological polar surface area (TPSA) is 45.0 Å². The van der Waals surface area contributed by atoms with Gasteiger partial charge in [0.25, 0.3) is 0 Å². The molecule has 0 aliphatic heterocycles. The van der Waals surface area contributed by atoms with Gasteiger partial charge in [-0.2, -0.15) is 5.26 Å². The largest absolute Gasteiger partial charge is 0.492 e.